The number of rotatable bonds is 0. The SMILES string of the molecule is Oc1ccccc1.c1scc2c1OCCO2. The van der Waals surface area contributed by atoms with Crippen molar-refractivity contribution in [2.75, 3.05) is 13.2 Å². The summed E-state index contributed by atoms with van der Waals surface area (Å²) in [5.74, 6) is 2.11. The summed E-state index contributed by atoms with van der Waals surface area (Å²) in [5.41, 5.74) is 0. The number of para-hydroxylation sites is 1. The molecule has 1 aliphatic rings. The lowest BCUT2D eigenvalue weighted by atomic mass is 10.3. The van der Waals surface area contributed by atoms with E-state index in [9.17, 15) is 0 Å². The molecule has 0 atom stereocenters. The lowest BCUT2D eigenvalue weighted by Gasteiger charge is -2.13. The highest BCUT2D eigenvalue weighted by atomic mass is 32.1. The molecule has 1 aromatic carbocycles. The van der Waals surface area contributed by atoms with Crippen LogP contribution in [0.15, 0.2) is 41.1 Å². The molecule has 1 N–H and O–H groups in total. The first-order chi connectivity index (χ1) is 7.86. The Labute approximate surface area is 97.9 Å². The highest BCUT2D eigenvalue weighted by molar-refractivity contribution is 7.08. The van der Waals surface area contributed by atoms with Crippen molar-refractivity contribution in [2.24, 2.45) is 0 Å². The van der Waals surface area contributed by atoms with Gasteiger partial charge in [-0.1, -0.05) is 18.2 Å². The standard InChI is InChI=1S/C6H6O2S.C6H6O/c1-2-8-6-4-9-3-5(6)7-1;7-6-4-2-1-3-5-6/h3-4H,1-2H2;1-5,7H. The van der Waals surface area contributed by atoms with Crippen molar-refractivity contribution < 1.29 is 14.6 Å². The van der Waals surface area contributed by atoms with E-state index in [-0.39, 0.29) is 0 Å². The Morgan fingerprint density at radius 3 is 1.94 bits per heavy atom. The maximum absolute atomic E-state index is 8.63. The van der Waals surface area contributed by atoms with Crippen molar-refractivity contribution in [1.82, 2.24) is 0 Å². The van der Waals surface area contributed by atoms with Crippen LogP contribution in [-0.2, 0) is 0 Å². The predicted octanol–water partition coefficient (Wildman–Crippen LogP) is 2.91. The summed E-state index contributed by atoms with van der Waals surface area (Å²) in [6.07, 6.45) is 0. The van der Waals surface area contributed by atoms with Crippen LogP contribution < -0.4 is 9.47 Å². The van der Waals surface area contributed by atoms with Gasteiger partial charge in [0.15, 0.2) is 11.5 Å². The van der Waals surface area contributed by atoms with E-state index in [2.05, 4.69) is 0 Å². The van der Waals surface area contributed by atoms with Crippen molar-refractivity contribution >= 4 is 11.3 Å². The molecule has 4 heteroatoms. The molecule has 84 valence electrons. The number of aromatic hydroxyl groups is 1. The molecule has 2 aromatic rings. The predicted molar refractivity (Wildman–Crippen MR) is 63.4 cm³/mol. The minimum atomic E-state index is 0.322. The number of hydrogen-bond donors (Lipinski definition) is 1. The summed E-state index contributed by atoms with van der Waals surface area (Å²) >= 11 is 1.61. The fourth-order valence-electron chi connectivity index (χ4n) is 1.22. The van der Waals surface area contributed by atoms with E-state index < -0.39 is 0 Å². The number of phenols is 1. The lowest BCUT2D eigenvalue weighted by molar-refractivity contribution is 0.173. The van der Waals surface area contributed by atoms with Gasteiger partial charge in [-0.25, -0.2) is 0 Å². The van der Waals surface area contributed by atoms with Gasteiger partial charge < -0.3 is 14.6 Å². The highest BCUT2D eigenvalue weighted by Gasteiger charge is 2.10. The first-order valence-electron chi connectivity index (χ1n) is 4.92. The van der Waals surface area contributed by atoms with E-state index in [1.807, 2.05) is 16.8 Å². The molecule has 0 radical (unpaired) electrons. The van der Waals surface area contributed by atoms with Crippen LogP contribution in [-0.4, -0.2) is 18.3 Å². The molecule has 3 rings (SSSR count). The molecular formula is C12H12O3S. The third-order valence-electron chi connectivity index (χ3n) is 1.95. The van der Waals surface area contributed by atoms with Crippen LogP contribution >= 0.6 is 11.3 Å². The Kier molecular flexibility index (Phi) is 3.66. The zero-order valence-corrected chi connectivity index (χ0v) is 9.44. The molecule has 1 aliphatic heterocycles. The lowest BCUT2D eigenvalue weighted by Crippen LogP contribution is -2.13. The third kappa shape index (κ3) is 2.90. The van der Waals surface area contributed by atoms with Gasteiger partial charge in [0.1, 0.15) is 19.0 Å². The molecule has 1 aromatic heterocycles. The molecule has 0 aliphatic carbocycles. The highest BCUT2D eigenvalue weighted by Crippen LogP contribution is 2.33. The van der Waals surface area contributed by atoms with E-state index in [0.717, 1.165) is 11.5 Å². The molecule has 0 saturated carbocycles. The number of ether oxygens (including phenoxy) is 2. The average Bonchev–Trinajstić information content (AvgIpc) is 2.79. The maximum atomic E-state index is 8.63. The summed E-state index contributed by atoms with van der Waals surface area (Å²) in [5, 5.41) is 12.5. The zero-order chi connectivity index (χ0) is 11.2. The van der Waals surface area contributed by atoms with Crippen LogP contribution in [0.1, 0.15) is 0 Å². The number of fused-ring (bicyclic) bond motifs is 1. The van der Waals surface area contributed by atoms with Crippen molar-refractivity contribution in [3.63, 3.8) is 0 Å². The Morgan fingerprint density at radius 2 is 1.50 bits per heavy atom. The summed E-state index contributed by atoms with van der Waals surface area (Å²) in [7, 11) is 0. The van der Waals surface area contributed by atoms with E-state index >= 15 is 0 Å². The van der Waals surface area contributed by atoms with Gasteiger partial charge in [-0.2, -0.15) is 0 Å². The van der Waals surface area contributed by atoms with E-state index in [1.165, 1.54) is 0 Å². The zero-order valence-electron chi connectivity index (χ0n) is 8.63. The summed E-state index contributed by atoms with van der Waals surface area (Å²) in [6.45, 7) is 1.37. The van der Waals surface area contributed by atoms with Crippen LogP contribution in [0.5, 0.6) is 17.2 Å². The van der Waals surface area contributed by atoms with Gasteiger partial charge in [0.25, 0.3) is 0 Å². The van der Waals surface area contributed by atoms with Gasteiger partial charge in [-0.05, 0) is 12.1 Å². The Balaban J connectivity index is 0.000000125. The topological polar surface area (TPSA) is 38.7 Å². The van der Waals surface area contributed by atoms with E-state index in [1.54, 1.807) is 35.6 Å². The van der Waals surface area contributed by atoms with Gasteiger partial charge in [0.05, 0.1) is 0 Å². The molecular weight excluding hydrogens is 224 g/mol. The smallest absolute Gasteiger partial charge is 0.172 e. The Bertz CT molecular complexity index is 404. The van der Waals surface area contributed by atoms with Crippen LogP contribution in [0, 0.1) is 0 Å². The Hall–Kier alpha value is -1.68. The monoisotopic (exact) mass is 236 g/mol. The van der Waals surface area contributed by atoms with Crippen LogP contribution in [0.2, 0.25) is 0 Å². The largest absolute Gasteiger partial charge is 0.508 e. The second-order valence-corrected chi connectivity index (χ2v) is 3.88. The number of hydrogen-bond acceptors (Lipinski definition) is 4. The van der Waals surface area contributed by atoms with Crippen molar-refractivity contribution in [3.8, 4) is 17.2 Å². The Morgan fingerprint density at radius 1 is 0.938 bits per heavy atom. The quantitative estimate of drug-likeness (QED) is 0.764. The number of thiophene rings is 1. The van der Waals surface area contributed by atoms with E-state index in [0.29, 0.717) is 19.0 Å². The second-order valence-electron chi connectivity index (χ2n) is 3.13. The minimum Gasteiger partial charge on any atom is -0.508 e. The summed E-state index contributed by atoms with van der Waals surface area (Å²) < 4.78 is 10.5. The van der Waals surface area contributed by atoms with Crippen LogP contribution in [0.4, 0.5) is 0 Å². The molecule has 0 fully saturated rings. The molecule has 0 saturated heterocycles. The molecule has 2 heterocycles. The van der Waals surface area contributed by atoms with Gasteiger partial charge in [0.2, 0.25) is 0 Å². The first-order valence-corrected chi connectivity index (χ1v) is 5.86. The van der Waals surface area contributed by atoms with Gasteiger partial charge in [-0.3, -0.25) is 0 Å². The fourth-order valence-corrected chi connectivity index (χ4v) is 1.90. The molecule has 0 spiro atoms. The van der Waals surface area contributed by atoms with Crippen LogP contribution in [0.25, 0.3) is 0 Å². The number of benzene rings is 1. The molecule has 0 bridgehead atoms. The van der Waals surface area contributed by atoms with Crippen molar-refractivity contribution in [1.29, 1.82) is 0 Å². The van der Waals surface area contributed by atoms with E-state index in [4.69, 9.17) is 14.6 Å². The molecule has 0 amide bonds. The molecule has 16 heavy (non-hydrogen) atoms. The maximum Gasteiger partial charge on any atom is 0.172 e. The first kappa shape index (κ1) is 10.8. The van der Waals surface area contributed by atoms with Crippen molar-refractivity contribution in [3.05, 3.63) is 41.1 Å². The average molecular weight is 236 g/mol. The van der Waals surface area contributed by atoms with Gasteiger partial charge in [-0.15, -0.1) is 11.3 Å². The molecule has 0 unspecified atom stereocenters. The second kappa shape index (κ2) is 5.42. The number of phenolic OH excluding ortho intramolecular Hbond substituents is 1. The molecule has 3 nitrogen and oxygen atoms in total. The minimum absolute atomic E-state index is 0.322. The van der Waals surface area contributed by atoms with Crippen molar-refractivity contribution in [2.45, 2.75) is 0 Å². The summed E-state index contributed by atoms with van der Waals surface area (Å²) in [6, 6.07) is 8.71. The van der Waals surface area contributed by atoms with Crippen LogP contribution in [0.3, 0.4) is 0 Å². The fraction of sp³-hybridized carbons (Fsp3) is 0.167. The third-order valence-corrected chi connectivity index (χ3v) is 2.65. The van der Waals surface area contributed by atoms with Gasteiger partial charge in [0, 0.05) is 10.8 Å². The normalized spacial score (nSPS) is 12.5. The van der Waals surface area contributed by atoms with Gasteiger partial charge >= 0.3 is 0 Å². The summed E-state index contributed by atoms with van der Waals surface area (Å²) in [4.78, 5) is 0.